The Kier molecular flexibility index (Phi) is 4.88. The fourth-order valence-electron chi connectivity index (χ4n) is 5.50. The molecule has 176 valence electrons. The number of hydrogen-bond donors (Lipinski definition) is 1. The number of hydrogen-bond acceptors (Lipinski definition) is 3. The van der Waals surface area contributed by atoms with Gasteiger partial charge in [-0.25, -0.2) is 9.69 Å². The summed E-state index contributed by atoms with van der Waals surface area (Å²) in [4.78, 5) is 34.2. The van der Waals surface area contributed by atoms with E-state index >= 15 is 0 Å². The van der Waals surface area contributed by atoms with E-state index < -0.39 is 11.6 Å². The van der Waals surface area contributed by atoms with E-state index in [4.69, 9.17) is 27.9 Å². The predicted molar refractivity (Wildman–Crippen MR) is 137 cm³/mol. The van der Waals surface area contributed by atoms with Gasteiger partial charge in [-0.05, 0) is 42.8 Å². The molecule has 6 rings (SSSR count). The Morgan fingerprint density at radius 3 is 2.54 bits per heavy atom. The molecule has 1 unspecified atom stereocenters. The minimum absolute atomic E-state index is 0.206. The van der Waals surface area contributed by atoms with E-state index in [-0.39, 0.29) is 16.8 Å². The number of rotatable bonds is 3. The molecular formula is C27H21Cl2N3O3. The molecule has 1 aromatic heterocycles. The number of carbonyl (C=O) groups excluding carboxylic acids is 2. The molecule has 0 aliphatic carbocycles. The van der Waals surface area contributed by atoms with Gasteiger partial charge in [-0.1, -0.05) is 59.6 Å². The van der Waals surface area contributed by atoms with E-state index in [0.717, 1.165) is 27.8 Å². The van der Waals surface area contributed by atoms with Gasteiger partial charge in [0.05, 0.1) is 23.5 Å². The van der Waals surface area contributed by atoms with Crippen LogP contribution in [0.2, 0.25) is 10.0 Å². The molecule has 1 saturated heterocycles. The molecule has 3 amide bonds. The maximum atomic E-state index is 14.0. The number of benzene rings is 3. The number of aromatic nitrogens is 1. The number of H-pyrrole nitrogens is 1. The van der Waals surface area contributed by atoms with Crippen molar-refractivity contribution in [1.82, 2.24) is 9.88 Å². The van der Waals surface area contributed by atoms with Crippen LogP contribution >= 0.6 is 23.2 Å². The predicted octanol–water partition coefficient (Wildman–Crippen LogP) is 6.31. The topological polar surface area (TPSA) is 65.6 Å². The van der Waals surface area contributed by atoms with E-state index in [1.165, 1.54) is 11.0 Å². The van der Waals surface area contributed by atoms with Crippen LogP contribution in [0.3, 0.4) is 0 Å². The molecule has 4 aromatic rings. The van der Waals surface area contributed by atoms with Crippen LogP contribution in [0.5, 0.6) is 5.75 Å². The highest BCUT2D eigenvalue weighted by Crippen LogP contribution is 2.52. The number of halogens is 2. The summed E-state index contributed by atoms with van der Waals surface area (Å²) >= 11 is 12.5. The van der Waals surface area contributed by atoms with Gasteiger partial charge in [0.1, 0.15) is 5.75 Å². The number of methoxy groups -OCH3 is 1. The fraction of sp³-hybridized carbons (Fsp3) is 0.185. The molecule has 1 N–H and O–H groups in total. The highest BCUT2D eigenvalue weighted by molar-refractivity contribution is 6.38. The third-order valence-corrected chi connectivity index (χ3v) is 7.73. The number of nitrogens with one attached hydrogen (secondary N) is 1. The van der Waals surface area contributed by atoms with Gasteiger partial charge in [0.2, 0.25) is 0 Å². The minimum atomic E-state index is -1.23. The number of para-hydroxylation sites is 2. The van der Waals surface area contributed by atoms with Crippen LogP contribution in [0.1, 0.15) is 29.7 Å². The summed E-state index contributed by atoms with van der Waals surface area (Å²) in [6.45, 7) is 2.10. The standard InChI is InChI=1S/C27H21Cl2N3O3/c1-27-24-23(17-8-3-5-9-20(17)30-24)18(16-7-4-6-10-22(16)35-2)14-31(27)26(34)32(25(27)33)21-12-11-15(28)13-19(21)29/h3-13,18,30H,14H2,1-2H3/t18?,27-/m0/s1. The Bertz CT molecular complexity index is 1530. The smallest absolute Gasteiger partial charge is 0.332 e. The summed E-state index contributed by atoms with van der Waals surface area (Å²) in [6.07, 6.45) is 0. The highest BCUT2D eigenvalue weighted by Gasteiger charge is 2.61. The second-order valence-corrected chi connectivity index (χ2v) is 9.80. The van der Waals surface area contributed by atoms with Crippen molar-refractivity contribution in [2.24, 2.45) is 0 Å². The van der Waals surface area contributed by atoms with Gasteiger partial charge in [-0.2, -0.15) is 0 Å². The zero-order valence-corrected chi connectivity index (χ0v) is 20.5. The van der Waals surface area contributed by atoms with Gasteiger partial charge >= 0.3 is 6.03 Å². The maximum absolute atomic E-state index is 14.0. The van der Waals surface area contributed by atoms with Crippen LogP contribution in [-0.4, -0.2) is 35.5 Å². The quantitative estimate of drug-likeness (QED) is 0.331. The molecule has 3 aromatic carbocycles. The lowest BCUT2D eigenvalue weighted by Crippen LogP contribution is -2.50. The van der Waals surface area contributed by atoms with E-state index in [1.807, 2.05) is 48.5 Å². The first kappa shape index (κ1) is 22.0. The number of aromatic amines is 1. The number of imide groups is 1. The highest BCUT2D eigenvalue weighted by atomic mass is 35.5. The monoisotopic (exact) mass is 505 g/mol. The number of urea groups is 1. The molecule has 6 nitrogen and oxygen atoms in total. The lowest BCUT2D eigenvalue weighted by molar-refractivity contribution is -0.125. The summed E-state index contributed by atoms with van der Waals surface area (Å²) in [5.41, 5.74) is 2.64. The first-order valence-corrected chi connectivity index (χ1v) is 12.0. The molecule has 0 saturated carbocycles. The number of nitrogens with zero attached hydrogens (tertiary/aromatic N) is 2. The summed E-state index contributed by atoms with van der Waals surface area (Å²) in [5, 5.41) is 1.68. The van der Waals surface area contributed by atoms with Crippen LogP contribution in [0.4, 0.5) is 10.5 Å². The Morgan fingerprint density at radius 2 is 1.77 bits per heavy atom. The molecular weight excluding hydrogens is 485 g/mol. The largest absolute Gasteiger partial charge is 0.496 e. The number of amides is 3. The van der Waals surface area contributed by atoms with Gasteiger partial charge in [-0.15, -0.1) is 0 Å². The summed E-state index contributed by atoms with van der Waals surface area (Å²) in [5.74, 6) is 0.161. The summed E-state index contributed by atoms with van der Waals surface area (Å²) in [7, 11) is 1.64. The van der Waals surface area contributed by atoms with E-state index in [9.17, 15) is 9.59 Å². The zero-order chi connectivity index (χ0) is 24.5. The van der Waals surface area contributed by atoms with Crippen molar-refractivity contribution in [3.05, 3.63) is 93.6 Å². The van der Waals surface area contributed by atoms with Crippen LogP contribution in [0.15, 0.2) is 66.7 Å². The second kappa shape index (κ2) is 7.77. The van der Waals surface area contributed by atoms with Gasteiger partial charge in [-0.3, -0.25) is 4.79 Å². The van der Waals surface area contributed by atoms with Crippen LogP contribution < -0.4 is 9.64 Å². The number of carbonyl (C=O) groups is 2. The minimum Gasteiger partial charge on any atom is -0.496 e. The van der Waals surface area contributed by atoms with Gasteiger partial charge in [0.15, 0.2) is 5.54 Å². The van der Waals surface area contributed by atoms with Gasteiger partial charge in [0.25, 0.3) is 5.91 Å². The lowest BCUT2D eigenvalue weighted by atomic mass is 9.78. The Balaban J connectivity index is 1.60. The third-order valence-electron chi connectivity index (χ3n) is 7.19. The maximum Gasteiger partial charge on any atom is 0.332 e. The average Bonchev–Trinajstić information content (AvgIpc) is 3.34. The molecule has 3 heterocycles. The van der Waals surface area contributed by atoms with E-state index in [1.54, 1.807) is 31.1 Å². The van der Waals surface area contributed by atoms with Crippen molar-refractivity contribution >= 4 is 51.7 Å². The van der Waals surface area contributed by atoms with Crippen molar-refractivity contribution in [3.8, 4) is 5.75 Å². The number of ether oxygens (including phenoxy) is 1. The fourth-order valence-corrected chi connectivity index (χ4v) is 5.99. The molecule has 8 heteroatoms. The zero-order valence-electron chi connectivity index (χ0n) is 19.0. The molecule has 2 aliphatic heterocycles. The third kappa shape index (κ3) is 2.96. The first-order valence-electron chi connectivity index (χ1n) is 11.2. The Morgan fingerprint density at radius 1 is 1.03 bits per heavy atom. The average molecular weight is 506 g/mol. The molecule has 2 aliphatic rings. The number of fused-ring (bicyclic) bond motifs is 5. The van der Waals surface area contributed by atoms with Crippen LogP contribution in [0, 0.1) is 0 Å². The summed E-state index contributed by atoms with van der Waals surface area (Å²) < 4.78 is 5.68. The first-order chi connectivity index (χ1) is 16.9. The van der Waals surface area contributed by atoms with Gasteiger partial charge < -0.3 is 14.6 Å². The Hall–Kier alpha value is -3.48. The van der Waals surface area contributed by atoms with E-state index in [0.29, 0.717) is 22.9 Å². The van der Waals surface area contributed by atoms with Crippen molar-refractivity contribution in [2.75, 3.05) is 18.6 Å². The molecule has 0 bridgehead atoms. The molecule has 0 spiro atoms. The second-order valence-electron chi connectivity index (χ2n) is 8.96. The normalized spacial score (nSPS) is 21.4. The SMILES string of the molecule is COc1ccccc1C1CN2C(=O)N(c3ccc(Cl)cc3Cl)C(=O)[C@]2(C)c2[nH]c3ccccc3c21. The molecule has 0 radical (unpaired) electrons. The van der Waals surface area contributed by atoms with Gasteiger partial charge in [0, 0.05) is 34.0 Å². The Labute approximate surface area is 212 Å². The van der Waals surface area contributed by atoms with Crippen LogP contribution in [0.25, 0.3) is 10.9 Å². The molecule has 35 heavy (non-hydrogen) atoms. The van der Waals surface area contributed by atoms with E-state index in [2.05, 4.69) is 4.98 Å². The van der Waals surface area contributed by atoms with Crippen LogP contribution in [-0.2, 0) is 10.3 Å². The van der Waals surface area contributed by atoms with Crippen molar-refractivity contribution in [3.63, 3.8) is 0 Å². The lowest BCUT2D eigenvalue weighted by Gasteiger charge is -2.40. The molecule has 2 atom stereocenters. The van der Waals surface area contributed by atoms with Crippen molar-refractivity contribution in [2.45, 2.75) is 18.4 Å². The van der Waals surface area contributed by atoms with Crippen molar-refractivity contribution < 1.29 is 14.3 Å². The summed E-state index contributed by atoms with van der Waals surface area (Å²) in [6, 6.07) is 20.1. The van der Waals surface area contributed by atoms with Crippen molar-refractivity contribution in [1.29, 1.82) is 0 Å². The number of anilines is 1. The molecule has 1 fully saturated rings.